The van der Waals surface area contributed by atoms with Gasteiger partial charge in [0.25, 0.3) is 0 Å². The van der Waals surface area contributed by atoms with Crippen molar-refractivity contribution in [1.29, 1.82) is 0 Å². The number of phenolic OH excluding ortho intramolecular Hbond substituents is 1. The molecule has 1 aromatic carbocycles. The minimum Gasteiger partial charge on any atom is -0.504 e. The van der Waals surface area contributed by atoms with Crippen LogP contribution in [-0.4, -0.2) is 60.2 Å². The van der Waals surface area contributed by atoms with Crippen LogP contribution >= 0.6 is 0 Å². The van der Waals surface area contributed by atoms with Gasteiger partial charge in [-0.2, -0.15) is 0 Å². The molecule has 1 heterocycles. The largest absolute Gasteiger partial charge is 0.504 e. The standard InChI is InChI=1S/C19H29NO4/c1-23-19-12-14(6-7-17(19)22)9-11-24-18-5-3-2-4-16(18)20-10-8-15(21)13-20/h6-7,12,15-16,18,21-22H,2-5,8-11,13H2,1H3/t15-,16?,18+/m1/s1. The van der Waals surface area contributed by atoms with Gasteiger partial charge in [0.05, 0.1) is 25.9 Å². The molecule has 1 unspecified atom stereocenters. The normalized spacial score (nSPS) is 28.2. The summed E-state index contributed by atoms with van der Waals surface area (Å²) in [5.74, 6) is 0.677. The maximum atomic E-state index is 9.80. The minimum atomic E-state index is -0.169. The van der Waals surface area contributed by atoms with Crippen molar-refractivity contribution in [2.75, 3.05) is 26.8 Å². The van der Waals surface area contributed by atoms with E-state index in [0.717, 1.165) is 37.9 Å². The van der Waals surface area contributed by atoms with Crippen molar-refractivity contribution in [1.82, 2.24) is 4.90 Å². The first kappa shape index (κ1) is 17.5. The van der Waals surface area contributed by atoms with Crippen LogP contribution in [-0.2, 0) is 11.2 Å². The van der Waals surface area contributed by atoms with Crippen LogP contribution in [0.4, 0.5) is 0 Å². The minimum absolute atomic E-state index is 0.169. The topological polar surface area (TPSA) is 62.2 Å². The Labute approximate surface area is 144 Å². The van der Waals surface area contributed by atoms with E-state index in [2.05, 4.69) is 4.90 Å². The van der Waals surface area contributed by atoms with Gasteiger partial charge < -0.3 is 19.7 Å². The van der Waals surface area contributed by atoms with Gasteiger partial charge in [0.15, 0.2) is 11.5 Å². The Morgan fingerprint density at radius 2 is 2.04 bits per heavy atom. The predicted molar refractivity (Wildman–Crippen MR) is 92.6 cm³/mol. The SMILES string of the molecule is COc1cc(CCO[C@H]2CCCCC2N2CC[C@@H](O)C2)ccc1O. The Morgan fingerprint density at radius 3 is 2.79 bits per heavy atom. The number of β-amino-alcohol motifs (C(OH)–C–C–N with tert-alkyl or cyclic N) is 1. The number of hydrogen-bond acceptors (Lipinski definition) is 5. The number of phenols is 1. The molecule has 5 heteroatoms. The molecule has 1 aliphatic heterocycles. The number of hydrogen-bond donors (Lipinski definition) is 2. The zero-order valence-electron chi connectivity index (χ0n) is 14.5. The van der Waals surface area contributed by atoms with Crippen molar-refractivity contribution in [2.45, 2.75) is 56.8 Å². The van der Waals surface area contributed by atoms with Crippen molar-refractivity contribution in [3.05, 3.63) is 23.8 Å². The van der Waals surface area contributed by atoms with Crippen molar-refractivity contribution in [3.8, 4) is 11.5 Å². The van der Waals surface area contributed by atoms with Gasteiger partial charge in [0, 0.05) is 19.1 Å². The van der Waals surface area contributed by atoms with E-state index in [1.54, 1.807) is 13.2 Å². The summed E-state index contributed by atoms with van der Waals surface area (Å²) in [7, 11) is 1.56. The highest BCUT2D eigenvalue weighted by atomic mass is 16.5. The molecule has 3 atom stereocenters. The highest BCUT2D eigenvalue weighted by Gasteiger charge is 2.34. The summed E-state index contributed by atoms with van der Waals surface area (Å²) in [5.41, 5.74) is 1.11. The van der Waals surface area contributed by atoms with Gasteiger partial charge in [-0.1, -0.05) is 18.9 Å². The molecule has 134 valence electrons. The highest BCUT2D eigenvalue weighted by molar-refractivity contribution is 5.41. The van der Waals surface area contributed by atoms with E-state index in [1.165, 1.54) is 19.3 Å². The first-order valence-electron chi connectivity index (χ1n) is 9.07. The monoisotopic (exact) mass is 335 g/mol. The molecule has 1 aromatic rings. The molecule has 0 bridgehead atoms. The third-order valence-electron chi connectivity index (χ3n) is 5.30. The summed E-state index contributed by atoms with van der Waals surface area (Å²) < 4.78 is 11.4. The van der Waals surface area contributed by atoms with Crippen LogP contribution in [0.5, 0.6) is 11.5 Å². The Hall–Kier alpha value is -1.30. The van der Waals surface area contributed by atoms with E-state index >= 15 is 0 Å². The number of aliphatic hydroxyl groups excluding tert-OH is 1. The maximum Gasteiger partial charge on any atom is 0.160 e. The van der Waals surface area contributed by atoms with Crippen molar-refractivity contribution < 1.29 is 19.7 Å². The molecular formula is C19H29NO4. The zero-order chi connectivity index (χ0) is 16.9. The van der Waals surface area contributed by atoms with E-state index < -0.39 is 0 Å². The molecular weight excluding hydrogens is 306 g/mol. The van der Waals surface area contributed by atoms with Crippen molar-refractivity contribution in [2.24, 2.45) is 0 Å². The Bertz CT molecular complexity index is 536. The maximum absolute atomic E-state index is 9.80. The number of ether oxygens (including phenoxy) is 2. The molecule has 0 aromatic heterocycles. The summed E-state index contributed by atoms with van der Waals surface area (Å²) in [5, 5.41) is 19.5. The first-order valence-corrected chi connectivity index (χ1v) is 9.07. The van der Waals surface area contributed by atoms with Crippen LogP contribution in [0.1, 0.15) is 37.7 Å². The van der Waals surface area contributed by atoms with E-state index in [1.807, 2.05) is 12.1 Å². The van der Waals surface area contributed by atoms with Crippen molar-refractivity contribution >= 4 is 0 Å². The number of benzene rings is 1. The summed E-state index contributed by atoms with van der Waals surface area (Å²) in [6.45, 7) is 2.45. The van der Waals surface area contributed by atoms with Crippen LogP contribution < -0.4 is 4.74 Å². The number of methoxy groups -OCH3 is 1. The molecule has 2 aliphatic rings. The second kappa shape index (κ2) is 8.19. The fraction of sp³-hybridized carbons (Fsp3) is 0.684. The second-order valence-corrected chi connectivity index (χ2v) is 6.95. The molecule has 24 heavy (non-hydrogen) atoms. The molecule has 1 saturated carbocycles. The van der Waals surface area contributed by atoms with Gasteiger partial charge in [-0.05, 0) is 43.4 Å². The summed E-state index contributed by atoms with van der Waals surface area (Å²) >= 11 is 0. The average Bonchev–Trinajstić information content (AvgIpc) is 3.03. The predicted octanol–water partition coefficient (Wildman–Crippen LogP) is 2.34. The number of rotatable bonds is 6. The van der Waals surface area contributed by atoms with Gasteiger partial charge in [-0.3, -0.25) is 4.90 Å². The summed E-state index contributed by atoms with van der Waals surface area (Å²) in [4.78, 5) is 2.41. The fourth-order valence-electron chi connectivity index (χ4n) is 3.96. The quantitative estimate of drug-likeness (QED) is 0.835. The molecule has 1 aliphatic carbocycles. The van der Waals surface area contributed by atoms with E-state index in [4.69, 9.17) is 9.47 Å². The van der Waals surface area contributed by atoms with Gasteiger partial charge in [0.1, 0.15) is 0 Å². The lowest BCUT2D eigenvalue weighted by Gasteiger charge is -2.37. The lowest BCUT2D eigenvalue weighted by Crippen LogP contribution is -2.46. The third-order valence-corrected chi connectivity index (χ3v) is 5.30. The molecule has 0 radical (unpaired) electrons. The first-order chi connectivity index (χ1) is 11.7. The van der Waals surface area contributed by atoms with Gasteiger partial charge in [-0.15, -0.1) is 0 Å². The van der Waals surface area contributed by atoms with E-state index in [0.29, 0.717) is 18.4 Å². The third kappa shape index (κ3) is 4.21. The number of likely N-dealkylation sites (tertiary alicyclic amines) is 1. The van der Waals surface area contributed by atoms with Crippen LogP contribution in [0.25, 0.3) is 0 Å². The second-order valence-electron chi connectivity index (χ2n) is 6.95. The Kier molecular flexibility index (Phi) is 5.98. The molecule has 0 spiro atoms. The molecule has 2 N–H and O–H groups in total. The lowest BCUT2D eigenvalue weighted by atomic mass is 9.91. The van der Waals surface area contributed by atoms with Crippen molar-refractivity contribution in [3.63, 3.8) is 0 Å². The number of aromatic hydroxyl groups is 1. The lowest BCUT2D eigenvalue weighted by molar-refractivity contribution is -0.0316. The Morgan fingerprint density at radius 1 is 1.21 bits per heavy atom. The fourth-order valence-corrected chi connectivity index (χ4v) is 3.96. The molecule has 0 amide bonds. The van der Waals surface area contributed by atoms with Gasteiger partial charge >= 0.3 is 0 Å². The van der Waals surface area contributed by atoms with Gasteiger partial charge in [-0.25, -0.2) is 0 Å². The van der Waals surface area contributed by atoms with E-state index in [-0.39, 0.29) is 18.0 Å². The molecule has 2 fully saturated rings. The summed E-state index contributed by atoms with van der Waals surface area (Å²) in [6, 6.07) is 5.90. The molecule has 5 nitrogen and oxygen atoms in total. The van der Waals surface area contributed by atoms with E-state index in [9.17, 15) is 10.2 Å². The van der Waals surface area contributed by atoms with Gasteiger partial charge in [0.2, 0.25) is 0 Å². The average molecular weight is 335 g/mol. The van der Waals surface area contributed by atoms with Crippen LogP contribution in [0, 0.1) is 0 Å². The number of nitrogens with zero attached hydrogens (tertiary/aromatic N) is 1. The molecule has 3 rings (SSSR count). The van der Waals surface area contributed by atoms with Crippen LogP contribution in [0.2, 0.25) is 0 Å². The zero-order valence-corrected chi connectivity index (χ0v) is 14.5. The van der Waals surface area contributed by atoms with Crippen LogP contribution in [0.15, 0.2) is 18.2 Å². The molecule has 1 saturated heterocycles. The summed E-state index contributed by atoms with van der Waals surface area (Å²) in [6.07, 6.45) is 6.55. The highest BCUT2D eigenvalue weighted by Crippen LogP contribution is 2.29. The smallest absolute Gasteiger partial charge is 0.160 e. The Balaban J connectivity index is 1.52. The van der Waals surface area contributed by atoms with Crippen LogP contribution in [0.3, 0.4) is 0 Å². The number of aliphatic hydroxyl groups is 1.